The number of rotatable bonds is 0. The number of hydrogen-bond donors (Lipinski definition) is 2. The molecule has 4 radical (unpaired) electrons. The van der Waals surface area contributed by atoms with E-state index in [9.17, 15) is 0 Å². The van der Waals surface area contributed by atoms with Crippen LogP contribution in [0.4, 0.5) is 0 Å². The normalized spacial score (nSPS) is 6.00. The SMILES string of the molecule is O=[As]O.O=[As]O.[Pb]. The van der Waals surface area contributed by atoms with Crippen LogP contribution in [-0.2, 0) is 7.48 Å². The van der Waals surface area contributed by atoms with Gasteiger partial charge in [0.15, 0.2) is 0 Å². The largest absolute Gasteiger partial charge is 0 e. The van der Waals surface area contributed by atoms with Gasteiger partial charge < -0.3 is 0 Å². The molecule has 0 amide bonds. The Balaban J connectivity index is -0.0000000400. The zero-order chi connectivity index (χ0) is 5.41. The fourth-order valence-electron chi connectivity index (χ4n) is 0. The van der Waals surface area contributed by atoms with Gasteiger partial charge in [0.05, 0.1) is 0 Å². The molecule has 7 heteroatoms. The van der Waals surface area contributed by atoms with Crippen LogP contribution in [0.1, 0.15) is 0 Å². The van der Waals surface area contributed by atoms with Crippen molar-refractivity contribution in [3.8, 4) is 0 Å². The first kappa shape index (κ1) is 15.8. The molecule has 0 bridgehead atoms. The van der Waals surface area contributed by atoms with Gasteiger partial charge in [-0.05, 0) is 0 Å². The molecular weight excluding hydrogens is 421 g/mol. The molecule has 0 aromatic heterocycles. The van der Waals surface area contributed by atoms with Gasteiger partial charge in [0.1, 0.15) is 0 Å². The van der Waals surface area contributed by atoms with E-state index >= 15 is 0 Å². The fourth-order valence-corrected chi connectivity index (χ4v) is 0. The van der Waals surface area contributed by atoms with E-state index in [1.165, 1.54) is 0 Å². The van der Waals surface area contributed by atoms with E-state index in [0.29, 0.717) is 0 Å². The minimum absolute atomic E-state index is 0. The molecule has 4 nitrogen and oxygen atoms in total. The molecule has 0 aliphatic carbocycles. The summed E-state index contributed by atoms with van der Waals surface area (Å²) in [6.07, 6.45) is 0. The van der Waals surface area contributed by atoms with Gasteiger partial charge in [-0.25, -0.2) is 0 Å². The van der Waals surface area contributed by atoms with Crippen molar-refractivity contribution in [3.05, 3.63) is 0 Å². The third-order valence-electron chi connectivity index (χ3n) is 0. The first-order valence-corrected chi connectivity index (χ1v) is 3.98. The molecule has 0 aromatic rings. The van der Waals surface area contributed by atoms with Crippen LogP contribution in [0.2, 0.25) is 0 Å². The molecule has 0 unspecified atom stereocenters. The Labute approximate surface area is 74.4 Å². The Morgan fingerprint density at radius 3 is 1.00 bits per heavy atom. The second-order valence-electron chi connectivity index (χ2n) is 0.163. The van der Waals surface area contributed by atoms with E-state index in [0.717, 1.165) is 0 Å². The van der Waals surface area contributed by atoms with E-state index < -0.39 is 32.1 Å². The van der Waals surface area contributed by atoms with Crippen molar-refractivity contribution in [3.63, 3.8) is 0 Å². The van der Waals surface area contributed by atoms with Gasteiger partial charge in [0.2, 0.25) is 0 Å². The van der Waals surface area contributed by atoms with Crippen molar-refractivity contribution in [2.75, 3.05) is 0 Å². The fraction of sp³-hybridized carbons (Fsp3) is 0. The maximum atomic E-state index is 8.58. The van der Waals surface area contributed by atoms with E-state index in [4.69, 9.17) is 15.7 Å². The van der Waals surface area contributed by atoms with E-state index in [-0.39, 0.29) is 27.3 Å². The maximum absolute atomic E-state index is 8.58. The van der Waals surface area contributed by atoms with Gasteiger partial charge in [0.25, 0.3) is 0 Å². The zero-order valence-electron chi connectivity index (χ0n) is 3.11. The van der Waals surface area contributed by atoms with Crippen LogP contribution in [0.25, 0.3) is 0 Å². The van der Waals surface area contributed by atoms with Crippen molar-refractivity contribution in [2.45, 2.75) is 0 Å². The molecule has 0 saturated carbocycles. The van der Waals surface area contributed by atoms with Crippen LogP contribution in [-0.4, -0.2) is 67.6 Å². The summed E-state index contributed by atoms with van der Waals surface area (Å²) in [5.74, 6) is 0. The van der Waals surface area contributed by atoms with Crippen molar-refractivity contribution < 1.29 is 15.7 Å². The molecule has 0 saturated heterocycles. The van der Waals surface area contributed by atoms with E-state index in [1.807, 2.05) is 0 Å². The molecule has 0 rings (SSSR count). The second-order valence-corrected chi connectivity index (χ2v) is 0.849. The quantitative estimate of drug-likeness (QED) is 0.423. The Kier molecular flexibility index (Phi) is 58.0. The molecule has 0 fully saturated rings. The van der Waals surface area contributed by atoms with Gasteiger partial charge in [-0.3, -0.25) is 0 Å². The third kappa shape index (κ3) is 96.1. The predicted molar refractivity (Wildman–Crippen MR) is 23.1 cm³/mol. The van der Waals surface area contributed by atoms with Crippen LogP contribution in [0.3, 0.4) is 0 Å². The summed E-state index contributed by atoms with van der Waals surface area (Å²) in [6, 6.07) is 0. The molecule has 0 aliphatic heterocycles. The van der Waals surface area contributed by atoms with E-state index in [1.54, 1.807) is 0 Å². The van der Waals surface area contributed by atoms with Gasteiger partial charge in [0, 0.05) is 27.3 Å². The first-order valence-electron chi connectivity index (χ1n) is 0.765. The van der Waals surface area contributed by atoms with Crippen molar-refractivity contribution in [1.82, 2.24) is 0 Å². The van der Waals surface area contributed by atoms with Crippen molar-refractivity contribution >= 4 is 59.4 Å². The second kappa shape index (κ2) is 25.7. The molecule has 2 N–H and O–H groups in total. The van der Waals surface area contributed by atoms with Crippen LogP contribution in [0, 0.1) is 0 Å². The standard InChI is InChI=1S/2AsHO2.Pb/c2*2-1-3;/h2*(H,2,3);. The predicted octanol–water partition coefficient (Wildman–Crippen LogP) is -2.49. The number of hydrogen-bond acceptors (Lipinski definition) is 2. The molecule has 0 spiro atoms. The summed E-state index contributed by atoms with van der Waals surface area (Å²) in [5.41, 5.74) is 0. The van der Waals surface area contributed by atoms with E-state index in [2.05, 4.69) is 0 Å². The average molecular weight is 423 g/mol. The van der Waals surface area contributed by atoms with Crippen LogP contribution >= 0.6 is 0 Å². The van der Waals surface area contributed by atoms with Crippen molar-refractivity contribution in [2.24, 2.45) is 0 Å². The summed E-state index contributed by atoms with van der Waals surface area (Å²) in [6.45, 7) is 0. The third-order valence-corrected chi connectivity index (χ3v) is 0. The monoisotopic (exact) mass is 424 g/mol. The summed E-state index contributed by atoms with van der Waals surface area (Å²) in [4.78, 5) is 0. The Morgan fingerprint density at radius 2 is 1.00 bits per heavy atom. The average Bonchev–Trinajstić information content (AvgIpc) is 1.39. The smallest absolute Gasteiger partial charge is 0 e. The van der Waals surface area contributed by atoms with Gasteiger partial charge in [-0.1, -0.05) is 0 Å². The van der Waals surface area contributed by atoms with Crippen molar-refractivity contribution in [1.29, 1.82) is 0 Å². The van der Waals surface area contributed by atoms with Crippen LogP contribution < -0.4 is 0 Å². The Hall–Kier alpha value is 1.56. The first-order chi connectivity index (χ1) is 2.83. The summed E-state index contributed by atoms with van der Waals surface area (Å²) in [7, 11) is 0. The topological polar surface area (TPSA) is 74.6 Å². The van der Waals surface area contributed by atoms with Crippen LogP contribution in [0.15, 0.2) is 0 Å². The van der Waals surface area contributed by atoms with Gasteiger partial charge in [-0.15, -0.1) is 0 Å². The molecule has 0 aromatic carbocycles. The summed E-state index contributed by atoms with van der Waals surface area (Å²) >= 11 is -3.12. The Bertz CT molecular complexity index is 30.7. The molecule has 40 valence electrons. The molecular formula is H2As2O4Pb. The summed E-state index contributed by atoms with van der Waals surface area (Å²) < 4.78 is 31.4. The van der Waals surface area contributed by atoms with Gasteiger partial charge in [-0.2, -0.15) is 0 Å². The molecule has 7 heavy (non-hydrogen) atoms. The Morgan fingerprint density at radius 1 is 1.00 bits per heavy atom. The zero-order valence-corrected chi connectivity index (χ0v) is 10.7. The summed E-state index contributed by atoms with van der Waals surface area (Å²) in [5, 5.41) is 0. The minimum Gasteiger partial charge on any atom is 0 e. The molecule has 0 atom stereocenters. The van der Waals surface area contributed by atoms with Gasteiger partial charge >= 0.3 is 47.7 Å². The molecule has 0 heterocycles. The van der Waals surface area contributed by atoms with Crippen LogP contribution in [0.5, 0.6) is 0 Å². The maximum Gasteiger partial charge on any atom is 0 e. The molecule has 0 aliphatic rings. The minimum atomic E-state index is -1.56.